The lowest BCUT2D eigenvalue weighted by Crippen LogP contribution is -2.23. The normalized spacial score (nSPS) is 14.3. The third-order valence-electron chi connectivity index (χ3n) is 5.55. The summed E-state index contributed by atoms with van der Waals surface area (Å²) >= 11 is 0. The number of Topliss-reactive ketones (excluding diaryl/α,β-unsaturated/α-hetero) is 1. The number of aliphatic imine (C=N–C) groups is 1. The van der Waals surface area contributed by atoms with Crippen LogP contribution >= 0.6 is 0 Å². The lowest BCUT2D eigenvalue weighted by molar-refractivity contribution is -0.131. The van der Waals surface area contributed by atoms with Gasteiger partial charge in [0.15, 0.2) is 11.7 Å². The first-order valence-corrected chi connectivity index (χ1v) is 12.4. The Bertz CT molecular complexity index is 640. The van der Waals surface area contributed by atoms with Gasteiger partial charge in [0, 0.05) is 19.0 Å². The summed E-state index contributed by atoms with van der Waals surface area (Å²) in [4.78, 5) is 26.2. The number of carboxylic acids is 1. The van der Waals surface area contributed by atoms with E-state index in [1.165, 1.54) is 18.1 Å². The smallest absolute Gasteiger partial charge is 0.327 e. The first-order chi connectivity index (χ1) is 15.8. The highest BCUT2D eigenvalue weighted by molar-refractivity contribution is 5.98. The maximum atomic E-state index is 12.0. The Labute approximate surface area is 199 Å². The SMILES string of the molecule is CCCCC[C@H](O)CCC1=C(CCCCC=CC(=O)O)C(=O)CC1.NCCCCN=C(N)N. The van der Waals surface area contributed by atoms with Crippen LogP contribution in [0.3, 0.4) is 0 Å². The van der Waals surface area contributed by atoms with E-state index in [-0.39, 0.29) is 17.8 Å². The van der Waals surface area contributed by atoms with Crippen LogP contribution < -0.4 is 17.2 Å². The minimum Gasteiger partial charge on any atom is -0.478 e. The van der Waals surface area contributed by atoms with Gasteiger partial charge in [0.1, 0.15) is 0 Å². The van der Waals surface area contributed by atoms with Crippen LogP contribution in [0.25, 0.3) is 0 Å². The topological polar surface area (TPSA) is 165 Å². The Morgan fingerprint density at radius 2 is 1.82 bits per heavy atom. The highest BCUT2D eigenvalue weighted by Crippen LogP contribution is 2.31. The molecule has 0 unspecified atom stereocenters. The van der Waals surface area contributed by atoms with Crippen molar-refractivity contribution in [1.29, 1.82) is 0 Å². The molecule has 190 valence electrons. The summed E-state index contributed by atoms with van der Waals surface area (Å²) in [7, 11) is 0. The van der Waals surface area contributed by atoms with Crippen molar-refractivity contribution in [2.45, 2.75) is 103 Å². The molecule has 0 aromatic carbocycles. The fourth-order valence-electron chi connectivity index (χ4n) is 3.68. The summed E-state index contributed by atoms with van der Waals surface area (Å²) < 4.78 is 0. The Kier molecular flexibility index (Phi) is 19.1. The maximum absolute atomic E-state index is 12.0. The van der Waals surface area contributed by atoms with Gasteiger partial charge in [-0.05, 0) is 76.3 Å². The predicted molar refractivity (Wildman–Crippen MR) is 135 cm³/mol. The molecule has 1 atom stereocenters. The summed E-state index contributed by atoms with van der Waals surface area (Å²) in [5, 5.41) is 18.6. The number of aliphatic carboxylic acids is 1. The third kappa shape index (κ3) is 18.0. The number of guanidine groups is 1. The average molecular weight is 467 g/mol. The third-order valence-corrected chi connectivity index (χ3v) is 5.55. The van der Waals surface area contributed by atoms with Gasteiger partial charge in [0.2, 0.25) is 0 Å². The Hall–Kier alpha value is -2.19. The quantitative estimate of drug-likeness (QED) is 0.0945. The van der Waals surface area contributed by atoms with Crippen molar-refractivity contribution >= 4 is 17.7 Å². The number of allylic oxidation sites excluding steroid dienone is 3. The van der Waals surface area contributed by atoms with Crippen LogP contribution in [0.15, 0.2) is 28.3 Å². The van der Waals surface area contributed by atoms with Gasteiger partial charge in [0.05, 0.1) is 6.10 Å². The van der Waals surface area contributed by atoms with Gasteiger partial charge in [-0.3, -0.25) is 9.79 Å². The molecule has 8 N–H and O–H groups in total. The predicted octanol–water partition coefficient (Wildman–Crippen LogP) is 3.57. The van der Waals surface area contributed by atoms with E-state index < -0.39 is 5.97 Å². The summed E-state index contributed by atoms with van der Waals surface area (Å²) in [6.45, 7) is 3.56. The highest BCUT2D eigenvalue weighted by atomic mass is 16.4. The zero-order valence-corrected chi connectivity index (χ0v) is 20.4. The molecule has 0 aromatic rings. The zero-order valence-electron chi connectivity index (χ0n) is 20.4. The Balaban J connectivity index is 0.000000960. The van der Waals surface area contributed by atoms with Crippen LogP contribution in [0.4, 0.5) is 0 Å². The molecule has 0 heterocycles. The molecular weight excluding hydrogens is 420 g/mol. The van der Waals surface area contributed by atoms with E-state index >= 15 is 0 Å². The van der Waals surface area contributed by atoms with E-state index in [4.69, 9.17) is 22.3 Å². The molecule has 1 rings (SSSR count). The van der Waals surface area contributed by atoms with Crippen LogP contribution in [-0.2, 0) is 9.59 Å². The van der Waals surface area contributed by atoms with Crippen molar-refractivity contribution in [2.24, 2.45) is 22.2 Å². The molecule has 1 aliphatic carbocycles. The van der Waals surface area contributed by atoms with Crippen LogP contribution in [-0.4, -0.2) is 47.1 Å². The fraction of sp³-hybridized carbons (Fsp3) is 0.720. The number of aliphatic hydroxyl groups is 1. The molecule has 1 aliphatic rings. The molecular formula is C25H46N4O4. The largest absolute Gasteiger partial charge is 0.478 e. The van der Waals surface area contributed by atoms with Gasteiger partial charge in [-0.15, -0.1) is 0 Å². The molecule has 0 amide bonds. The number of aliphatic hydroxyl groups excluding tert-OH is 1. The molecule has 0 radical (unpaired) electrons. The van der Waals surface area contributed by atoms with E-state index in [0.29, 0.717) is 19.5 Å². The number of nitrogens with zero attached hydrogens (tertiary/aromatic N) is 1. The van der Waals surface area contributed by atoms with Gasteiger partial charge in [-0.1, -0.05) is 37.8 Å². The van der Waals surface area contributed by atoms with Crippen LogP contribution in [0.2, 0.25) is 0 Å². The number of carbonyl (C=O) groups excluding carboxylic acids is 1. The molecule has 0 aliphatic heterocycles. The fourth-order valence-corrected chi connectivity index (χ4v) is 3.68. The summed E-state index contributed by atoms with van der Waals surface area (Å²) in [6, 6.07) is 0. The Morgan fingerprint density at radius 1 is 1.06 bits per heavy atom. The molecule has 0 aromatic heterocycles. The van der Waals surface area contributed by atoms with Crippen molar-refractivity contribution in [1.82, 2.24) is 0 Å². The van der Waals surface area contributed by atoms with Crippen LogP contribution in [0.5, 0.6) is 0 Å². The van der Waals surface area contributed by atoms with Crippen molar-refractivity contribution in [2.75, 3.05) is 13.1 Å². The highest BCUT2D eigenvalue weighted by Gasteiger charge is 2.22. The van der Waals surface area contributed by atoms with E-state index in [2.05, 4.69) is 11.9 Å². The molecule has 33 heavy (non-hydrogen) atoms. The summed E-state index contributed by atoms with van der Waals surface area (Å²) in [6.07, 6.45) is 15.2. The molecule has 8 heteroatoms. The molecule has 0 spiro atoms. The van der Waals surface area contributed by atoms with E-state index in [1.54, 1.807) is 6.08 Å². The molecule has 0 saturated heterocycles. The van der Waals surface area contributed by atoms with E-state index in [1.807, 2.05) is 0 Å². The number of carboxylic acid groups (broad SMARTS) is 1. The molecule has 8 nitrogen and oxygen atoms in total. The lowest BCUT2D eigenvalue weighted by atomic mass is 9.97. The van der Waals surface area contributed by atoms with Crippen LogP contribution in [0, 0.1) is 0 Å². The second kappa shape index (κ2) is 20.4. The van der Waals surface area contributed by atoms with Crippen molar-refractivity contribution in [3.8, 4) is 0 Å². The van der Waals surface area contributed by atoms with Gasteiger partial charge >= 0.3 is 5.97 Å². The van der Waals surface area contributed by atoms with Gasteiger partial charge in [-0.25, -0.2) is 4.79 Å². The van der Waals surface area contributed by atoms with Crippen LogP contribution in [0.1, 0.15) is 96.8 Å². The lowest BCUT2D eigenvalue weighted by Gasteiger charge is -2.12. The monoisotopic (exact) mass is 466 g/mol. The van der Waals surface area contributed by atoms with Crippen molar-refractivity contribution in [3.63, 3.8) is 0 Å². The number of carbonyl (C=O) groups is 2. The van der Waals surface area contributed by atoms with Crippen molar-refractivity contribution in [3.05, 3.63) is 23.3 Å². The number of unbranched alkanes of at least 4 members (excludes halogenated alkanes) is 5. The van der Waals surface area contributed by atoms with E-state index in [9.17, 15) is 14.7 Å². The van der Waals surface area contributed by atoms with Gasteiger partial charge in [0.25, 0.3) is 0 Å². The summed E-state index contributed by atoms with van der Waals surface area (Å²) in [5.41, 5.74) is 17.6. The number of ketones is 1. The average Bonchev–Trinajstić information content (AvgIpc) is 3.12. The van der Waals surface area contributed by atoms with Gasteiger partial charge < -0.3 is 27.4 Å². The molecule has 0 fully saturated rings. The molecule has 0 bridgehead atoms. The second-order valence-electron chi connectivity index (χ2n) is 8.48. The minimum atomic E-state index is -0.913. The number of hydrogen-bond donors (Lipinski definition) is 5. The standard InChI is InChI=1S/C20H32O4.C5H14N4/c1-2-3-6-9-17(21)14-12-16-13-15-19(22)18(16)10-7-4-5-8-11-20(23)24;6-3-1-2-4-9-5(7)8/h8,11,17,21H,2-7,9-10,12-15H2,1H3,(H,23,24);1-4,6H2,(H4,7,8,9)/t17-;/m0./s1. The maximum Gasteiger partial charge on any atom is 0.327 e. The summed E-state index contributed by atoms with van der Waals surface area (Å²) in [5.74, 6) is -0.484. The first kappa shape index (κ1) is 30.8. The number of nitrogens with two attached hydrogens (primary N) is 3. The van der Waals surface area contributed by atoms with Gasteiger partial charge in [-0.2, -0.15) is 0 Å². The van der Waals surface area contributed by atoms with Crippen molar-refractivity contribution < 1.29 is 19.8 Å². The van der Waals surface area contributed by atoms with E-state index in [0.717, 1.165) is 82.6 Å². The Morgan fingerprint density at radius 3 is 2.45 bits per heavy atom. The number of rotatable bonds is 17. The number of hydrogen-bond acceptors (Lipinski definition) is 5. The second-order valence-corrected chi connectivity index (χ2v) is 8.48. The zero-order chi connectivity index (χ0) is 24.9. The first-order valence-electron chi connectivity index (χ1n) is 12.4. The molecule has 0 saturated carbocycles. The minimum absolute atomic E-state index is 0.159.